The Hall–Kier alpha value is -2.04. The molecule has 0 aliphatic carbocycles. The number of aromatic nitrogens is 2. The van der Waals surface area contributed by atoms with E-state index in [4.69, 9.17) is 4.74 Å². The van der Waals surface area contributed by atoms with Crippen molar-refractivity contribution in [3.05, 3.63) is 24.3 Å². The lowest BCUT2D eigenvalue weighted by Gasteiger charge is -2.20. The number of nitrogens with zero attached hydrogens (tertiary/aromatic N) is 2. The largest absolute Gasteiger partial charge is 0.466 e. The summed E-state index contributed by atoms with van der Waals surface area (Å²) in [6.45, 7) is 5.77. The van der Waals surface area contributed by atoms with Crippen molar-refractivity contribution in [1.82, 2.24) is 15.1 Å². The molecule has 0 unspecified atom stereocenters. The maximum absolute atomic E-state index is 11.7. The van der Waals surface area contributed by atoms with E-state index in [0.717, 1.165) is 10.9 Å². The van der Waals surface area contributed by atoms with Gasteiger partial charge in [-0.2, -0.15) is 0 Å². The number of rotatable bonds is 3. The van der Waals surface area contributed by atoms with E-state index in [1.807, 2.05) is 52.1 Å². The van der Waals surface area contributed by atoms with Crippen LogP contribution < -0.4 is 10.1 Å². The first-order valence-electron chi connectivity index (χ1n) is 6.22. The third kappa shape index (κ3) is 3.24. The highest BCUT2D eigenvalue weighted by atomic mass is 16.5. The Morgan fingerprint density at radius 1 is 1.37 bits per heavy atom. The van der Waals surface area contributed by atoms with Crippen molar-refractivity contribution in [3.63, 3.8) is 0 Å². The van der Waals surface area contributed by atoms with Gasteiger partial charge in [0.25, 0.3) is 5.91 Å². The Labute approximate surface area is 112 Å². The molecule has 2 rings (SSSR count). The minimum absolute atomic E-state index is 0.0295. The van der Waals surface area contributed by atoms with Crippen molar-refractivity contribution in [1.29, 1.82) is 0 Å². The van der Waals surface area contributed by atoms with Crippen molar-refractivity contribution in [2.24, 2.45) is 7.05 Å². The molecule has 0 bridgehead atoms. The van der Waals surface area contributed by atoms with Gasteiger partial charge in [-0.15, -0.1) is 5.10 Å². The van der Waals surface area contributed by atoms with Crippen molar-refractivity contribution < 1.29 is 9.53 Å². The first-order chi connectivity index (χ1) is 8.87. The normalized spacial score (nSPS) is 11.6. The number of amides is 1. The van der Waals surface area contributed by atoms with Gasteiger partial charge in [0.2, 0.25) is 5.88 Å². The summed E-state index contributed by atoms with van der Waals surface area (Å²) in [7, 11) is 1.85. The Bertz CT molecular complexity index is 596. The summed E-state index contributed by atoms with van der Waals surface area (Å²) >= 11 is 0. The van der Waals surface area contributed by atoms with Crippen LogP contribution in [0.25, 0.3) is 10.9 Å². The molecule has 0 radical (unpaired) electrons. The lowest BCUT2D eigenvalue weighted by molar-refractivity contribution is -0.124. The fourth-order valence-corrected chi connectivity index (χ4v) is 1.88. The zero-order chi connectivity index (χ0) is 14.0. The highest BCUT2D eigenvalue weighted by molar-refractivity contribution is 5.85. The van der Waals surface area contributed by atoms with Gasteiger partial charge in [0.1, 0.15) is 0 Å². The summed E-state index contributed by atoms with van der Waals surface area (Å²) in [4.78, 5) is 11.7. The second kappa shape index (κ2) is 4.91. The van der Waals surface area contributed by atoms with Gasteiger partial charge in [0.15, 0.2) is 6.61 Å². The zero-order valence-corrected chi connectivity index (χ0v) is 11.7. The van der Waals surface area contributed by atoms with Gasteiger partial charge in [-0.05, 0) is 32.9 Å². The number of hydrogen-bond acceptors (Lipinski definition) is 3. The predicted molar refractivity (Wildman–Crippen MR) is 74.1 cm³/mol. The van der Waals surface area contributed by atoms with Crippen LogP contribution in [0.3, 0.4) is 0 Å². The molecule has 102 valence electrons. The Morgan fingerprint density at radius 3 is 2.74 bits per heavy atom. The first kappa shape index (κ1) is 13.4. The molecule has 0 saturated heterocycles. The second-order valence-electron chi connectivity index (χ2n) is 5.53. The molecular weight excluding hydrogens is 242 g/mol. The van der Waals surface area contributed by atoms with E-state index in [0.29, 0.717) is 5.88 Å². The van der Waals surface area contributed by atoms with Crippen molar-refractivity contribution in [2.75, 3.05) is 6.61 Å². The molecule has 0 aliphatic heterocycles. The van der Waals surface area contributed by atoms with Gasteiger partial charge >= 0.3 is 0 Å². The van der Waals surface area contributed by atoms with Crippen LogP contribution in [0.2, 0.25) is 0 Å². The van der Waals surface area contributed by atoms with Crippen LogP contribution in [0.15, 0.2) is 24.3 Å². The average molecular weight is 261 g/mol. The number of benzene rings is 1. The SMILES string of the molecule is Cn1nc(OCC(=O)NC(C)(C)C)c2ccccc21. The summed E-state index contributed by atoms with van der Waals surface area (Å²) in [5.41, 5.74) is 0.723. The molecule has 19 heavy (non-hydrogen) atoms. The summed E-state index contributed by atoms with van der Waals surface area (Å²) < 4.78 is 7.25. The number of nitrogens with one attached hydrogen (secondary N) is 1. The molecule has 1 aromatic carbocycles. The van der Waals surface area contributed by atoms with E-state index in [9.17, 15) is 4.79 Å². The highest BCUT2D eigenvalue weighted by Gasteiger charge is 2.15. The van der Waals surface area contributed by atoms with E-state index >= 15 is 0 Å². The van der Waals surface area contributed by atoms with E-state index < -0.39 is 0 Å². The number of aryl methyl sites for hydroxylation is 1. The Morgan fingerprint density at radius 2 is 2.05 bits per heavy atom. The van der Waals surface area contributed by atoms with E-state index in [-0.39, 0.29) is 18.1 Å². The van der Waals surface area contributed by atoms with Gasteiger partial charge in [0, 0.05) is 12.6 Å². The highest BCUT2D eigenvalue weighted by Crippen LogP contribution is 2.23. The Kier molecular flexibility index (Phi) is 3.46. The second-order valence-corrected chi connectivity index (χ2v) is 5.53. The average Bonchev–Trinajstić information content (AvgIpc) is 2.62. The molecular formula is C14H19N3O2. The predicted octanol–water partition coefficient (Wildman–Crippen LogP) is 1.87. The Balaban J connectivity index is 2.08. The van der Waals surface area contributed by atoms with Crippen LogP contribution in [-0.2, 0) is 11.8 Å². The monoisotopic (exact) mass is 261 g/mol. The topological polar surface area (TPSA) is 56.2 Å². The van der Waals surface area contributed by atoms with E-state index in [1.54, 1.807) is 4.68 Å². The number of fused-ring (bicyclic) bond motifs is 1. The van der Waals surface area contributed by atoms with Crippen LogP contribution in [0.5, 0.6) is 5.88 Å². The molecule has 2 aromatic rings. The molecule has 0 atom stereocenters. The number of carbonyl (C=O) groups is 1. The minimum Gasteiger partial charge on any atom is -0.466 e. The molecule has 5 nitrogen and oxygen atoms in total. The fraction of sp³-hybridized carbons (Fsp3) is 0.429. The number of para-hydroxylation sites is 1. The zero-order valence-electron chi connectivity index (χ0n) is 11.7. The molecule has 1 aromatic heterocycles. The van der Waals surface area contributed by atoms with Crippen LogP contribution in [0.1, 0.15) is 20.8 Å². The quantitative estimate of drug-likeness (QED) is 0.917. The van der Waals surface area contributed by atoms with Gasteiger partial charge in [-0.3, -0.25) is 9.48 Å². The van der Waals surface area contributed by atoms with Gasteiger partial charge in [-0.1, -0.05) is 12.1 Å². The molecule has 0 saturated carbocycles. The standard InChI is InChI=1S/C14H19N3O2/c1-14(2,3)15-12(18)9-19-13-10-7-5-6-8-11(10)17(4)16-13/h5-8H,9H2,1-4H3,(H,15,18). The smallest absolute Gasteiger partial charge is 0.258 e. The van der Waals surface area contributed by atoms with E-state index in [1.165, 1.54) is 0 Å². The number of ether oxygens (including phenoxy) is 1. The molecule has 5 heteroatoms. The van der Waals surface area contributed by atoms with Gasteiger partial charge in [0.05, 0.1) is 10.9 Å². The molecule has 1 N–H and O–H groups in total. The third-order valence-corrected chi connectivity index (χ3v) is 2.58. The molecule has 0 aliphatic rings. The minimum atomic E-state index is -0.257. The van der Waals surface area contributed by atoms with Crippen molar-refractivity contribution in [3.8, 4) is 5.88 Å². The summed E-state index contributed by atoms with van der Waals surface area (Å²) in [6.07, 6.45) is 0. The van der Waals surface area contributed by atoms with Crippen LogP contribution in [-0.4, -0.2) is 27.8 Å². The molecule has 0 spiro atoms. The van der Waals surface area contributed by atoms with Crippen LogP contribution in [0.4, 0.5) is 0 Å². The molecule has 1 amide bonds. The third-order valence-electron chi connectivity index (χ3n) is 2.58. The molecule has 0 fully saturated rings. The summed E-state index contributed by atoms with van der Waals surface area (Å²) in [5.74, 6) is 0.337. The van der Waals surface area contributed by atoms with E-state index in [2.05, 4.69) is 10.4 Å². The fourth-order valence-electron chi connectivity index (χ4n) is 1.88. The molecule has 1 heterocycles. The lowest BCUT2D eigenvalue weighted by atomic mass is 10.1. The maximum atomic E-state index is 11.7. The van der Waals surface area contributed by atoms with Crippen molar-refractivity contribution >= 4 is 16.8 Å². The van der Waals surface area contributed by atoms with Gasteiger partial charge < -0.3 is 10.1 Å². The number of hydrogen-bond donors (Lipinski definition) is 1. The summed E-state index contributed by atoms with van der Waals surface area (Å²) in [6, 6.07) is 7.76. The lowest BCUT2D eigenvalue weighted by Crippen LogP contribution is -2.43. The van der Waals surface area contributed by atoms with Crippen molar-refractivity contribution in [2.45, 2.75) is 26.3 Å². The van der Waals surface area contributed by atoms with Gasteiger partial charge in [-0.25, -0.2) is 0 Å². The number of carbonyl (C=O) groups excluding carboxylic acids is 1. The maximum Gasteiger partial charge on any atom is 0.258 e. The van der Waals surface area contributed by atoms with Crippen LogP contribution in [0, 0.1) is 0 Å². The summed E-state index contributed by atoms with van der Waals surface area (Å²) in [5, 5.41) is 8.03. The first-order valence-corrected chi connectivity index (χ1v) is 6.22. The van der Waals surface area contributed by atoms with Crippen LogP contribution >= 0.6 is 0 Å².